The third-order valence-electron chi connectivity index (χ3n) is 3.87. The Morgan fingerprint density at radius 3 is 2.65 bits per heavy atom. The van der Waals surface area contributed by atoms with Crippen molar-refractivity contribution in [2.24, 2.45) is 0 Å². The fourth-order valence-corrected chi connectivity index (χ4v) is 3.02. The van der Waals surface area contributed by atoms with Gasteiger partial charge in [-0.2, -0.15) is 0 Å². The van der Waals surface area contributed by atoms with Crippen LogP contribution in [0.2, 0.25) is 0 Å². The minimum absolute atomic E-state index is 0.402. The summed E-state index contributed by atoms with van der Waals surface area (Å²) in [5.74, 6) is 1.33. The van der Waals surface area contributed by atoms with E-state index in [1.807, 2.05) is 48.5 Å². The SMILES string of the molecule is OC(CCCl)(c1ccccc1)c1ccc2c(c1)CCO2. The number of ether oxygens (including phenoxy) is 1. The third kappa shape index (κ3) is 2.30. The molecule has 3 heteroatoms. The van der Waals surface area contributed by atoms with E-state index in [2.05, 4.69) is 0 Å². The first-order chi connectivity index (χ1) is 9.74. The van der Waals surface area contributed by atoms with E-state index in [1.165, 1.54) is 0 Å². The zero-order valence-electron chi connectivity index (χ0n) is 11.2. The van der Waals surface area contributed by atoms with Gasteiger partial charge in [0.1, 0.15) is 11.4 Å². The number of rotatable bonds is 4. The molecule has 0 spiro atoms. The Kier molecular flexibility index (Phi) is 3.68. The van der Waals surface area contributed by atoms with Crippen molar-refractivity contribution < 1.29 is 9.84 Å². The van der Waals surface area contributed by atoms with Crippen LogP contribution in [0.1, 0.15) is 23.1 Å². The van der Waals surface area contributed by atoms with Crippen molar-refractivity contribution in [1.29, 1.82) is 0 Å². The highest BCUT2D eigenvalue weighted by molar-refractivity contribution is 6.17. The van der Waals surface area contributed by atoms with Crippen molar-refractivity contribution in [2.75, 3.05) is 12.5 Å². The van der Waals surface area contributed by atoms with Gasteiger partial charge in [-0.1, -0.05) is 36.4 Å². The van der Waals surface area contributed by atoms with E-state index in [-0.39, 0.29) is 0 Å². The van der Waals surface area contributed by atoms with E-state index in [9.17, 15) is 5.11 Å². The Balaban J connectivity index is 2.06. The number of hydrogen-bond acceptors (Lipinski definition) is 2. The highest BCUT2D eigenvalue weighted by Gasteiger charge is 2.31. The molecule has 0 radical (unpaired) electrons. The predicted molar refractivity (Wildman–Crippen MR) is 80.4 cm³/mol. The molecule has 2 aromatic rings. The quantitative estimate of drug-likeness (QED) is 0.873. The molecule has 20 heavy (non-hydrogen) atoms. The van der Waals surface area contributed by atoms with E-state index in [0.717, 1.165) is 35.5 Å². The lowest BCUT2D eigenvalue weighted by molar-refractivity contribution is 0.0774. The smallest absolute Gasteiger partial charge is 0.122 e. The first-order valence-electron chi connectivity index (χ1n) is 6.84. The van der Waals surface area contributed by atoms with Gasteiger partial charge in [0.25, 0.3) is 0 Å². The minimum Gasteiger partial charge on any atom is -0.493 e. The molecule has 1 N–H and O–H groups in total. The van der Waals surface area contributed by atoms with E-state index >= 15 is 0 Å². The number of aliphatic hydroxyl groups is 1. The molecular formula is C17H17ClO2. The topological polar surface area (TPSA) is 29.5 Å². The lowest BCUT2D eigenvalue weighted by atomic mass is 9.83. The average Bonchev–Trinajstić information content (AvgIpc) is 2.95. The van der Waals surface area contributed by atoms with Crippen LogP contribution in [0.25, 0.3) is 0 Å². The molecule has 0 saturated carbocycles. The zero-order chi connectivity index (χ0) is 14.0. The molecule has 1 unspecified atom stereocenters. The first-order valence-corrected chi connectivity index (χ1v) is 7.37. The molecule has 1 aliphatic heterocycles. The van der Waals surface area contributed by atoms with E-state index in [4.69, 9.17) is 16.3 Å². The van der Waals surface area contributed by atoms with Crippen LogP contribution in [0.3, 0.4) is 0 Å². The molecule has 2 nitrogen and oxygen atoms in total. The van der Waals surface area contributed by atoms with Gasteiger partial charge in [0, 0.05) is 12.3 Å². The number of alkyl halides is 1. The number of halogens is 1. The van der Waals surface area contributed by atoms with E-state index in [0.29, 0.717) is 12.3 Å². The fraction of sp³-hybridized carbons (Fsp3) is 0.294. The zero-order valence-corrected chi connectivity index (χ0v) is 11.9. The molecule has 1 heterocycles. The molecule has 0 aromatic heterocycles. The van der Waals surface area contributed by atoms with Gasteiger partial charge < -0.3 is 9.84 Å². The summed E-state index contributed by atoms with van der Waals surface area (Å²) in [5.41, 5.74) is 1.88. The summed E-state index contributed by atoms with van der Waals surface area (Å²) in [6.45, 7) is 0.720. The largest absolute Gasteiger partial charge is 0.493 e. The lowest BCUT2D eigenvalue weighted by Crippen LogP contribution is -2.28. The van der Waals surface area contributed by atoms with Crippen molar-refractivity contribution in [3.63, 3.8) is 0 Å². The Hall–Kier alpha value is -1.51. The van der Waals surface area contributed by atoms with Crippen molar-refractivity contribution in [3.8, 4) is 5.75 Å². The maximum Gasteiger partial charge on any atom is 0.122 e. The summed E-state index contributed by atoms with van der Waals surface area (Å²) in [6.07, 6.45) is 1.38. The summed E-state index contributed by atoms with van der Waals surface area (Å²) in [5, 5.41) is 11.2. The summed E-state index contributed by atoms with van der Waals surface area (Å²) >= 11 is 5.92. The van der Waals surface area contributed by atoms with E-state index in [1.54, 1.807) is 0 Å². The van der Waals surface area contributed by atoms with Crippen LogP contribution in [0.5, 0.6) is 5.75 Å². The maximum absolute atomic E-state index is 11.2. The van der Waals surface area contributed by atoms with Crippen molar-refractivity contribution in [3.05, 3.63) is 65.2 Å². The first kappa shape index (κ1) is 13.5. The van der Waals surface area contributed by atoms with Gasteiger partial charge in [0.05, 0.1) is 6.61 Å². The van der Waals surface area contributed by atoms with Crippen LogP contribution in [-0.2, 0) is 12.0 Å². The Labute approximate surface area is 124 Å². The molecule has 0 amide bonds. The van der Waals surface area contributed by atoms with Crippen LogP contribution in [0, 0.1) is 0 Å². The lowest BCUT2D eigenvalue weighted by Gasteiger charge is -2.29. The minimum atomic E-state index is -1.04. The molecule has 1 atom stereocenters. The van der Waals surface area contributed by atoms with Crippen molar-refractivity contribution in [1.82, 2.24) is 0 Å². The van der Waals surface area contributed by atoms with Crippen LogP contribution in [0.15, 0.2) is 48.5 Å². The second-order valence-corrected chi connectivity index (χ2v) is 5.46. The molecule has 2 aromatic carbocycles. The summed E-state index contributed by atoms with van der Waals surface area (Å²) in [7, 11) is 0. The molecule has 3 rings (SSSR count). The molecule has 0 saturated heterocycles. The summed E-state index contributed by atoms with van der Waals surface area (Å²) in [4.78, 5) is 0. The summed E-state index contributed by atoms with van der Waals surface area (Å²) in [6, 6.07) is 15.6. The van der Waals surface area contributed by atoms with Crippen molar-refractivity contribution in [2.45, 2.75) is 18.4 Å². The standard InChI is InChI=1S/C17H17ClO2/c18-10-9-17(19,14-4-2-1-3-5-14)15-6-7-16-13(12-15)8-11-20-16/h1-7,12,19H,8-11H2. The molecule has 1 aliphatic rings. The van der Waals surface area contributed by atoms with Gasteiger partial charge in [-0.05, 0) is 35.2 Å². The number of fused-ring (bicyclic) bond motifs is 1. The molecule has 0 bridgehead atoms. The maximum atomic E-state index is 11.2. The van der Waals surface area contributed by atoms with Crippen LogP contribution in [0.4, 0.5) is 0 Å². The van der Waals surface area contributed by atoms with Gasteiger partial charge in [-0.15, -0.1) is 11.6 Å². The predicted octanol–water partition coefficient (Wildman–Crippen LogP) is 3.49. The van der Waals surface area contributed by atoms with E-state index < -0.39 is 5.60 Å². The third-order valence-corrected chi connectivity index (χ3v) is 4.06. The van der Waals surface area contributed by atoms with Gasteiger partial charge in [0.15, 0.2) is 0 Å². The summed E-state index contributed by atoms with van der Waals surface area (Å²) < 4.78 is 5.52. The van der Waals surface area contributed by atoms with Gasteiger partial charge in [0.2, 0.25) is 0 Å². The normalized spacial score (nSPS) is 16.3. The second-order valence-electron chi connectivity index (χ2n) is 5.09. The van der Waals surface area contributed by atoms with Crippen LogP contribution < -0.4 is 4.74 Å². The molecule has 104 valence electrons. The van der Waals surface area contributed by atoms with Crippen LogP contribution >= 0.6 is 11.6 Å². The molecule has 0 fully saturated rings. The average molecular weight is 289 g/mol. The Bertz CT molecular complexity index is 597. The number of hydrogen-bond donors (Lipinski definition) is 1. The molecular weight excluding hydrogens is 272 g/mol. The molecule has 0 aliphatic carbocycles. The highest BCUT2D eigenvalue weighted by atomic mass is 35.5. The monoisotopic (exact) mass is 288 g/mol. The number of benzene rings is 2. The Morgan fingerprint density at radius 2 is 1.90 bits per heavy atom. The Morgan fingerprint density at radius 1 is 1.10 bits per heavy atom. The van der Waals surface area contributed by atoms with Crippen LogP contribution in [-0.4, -0.2) is 17.6 Å². The van der Waals surface area contributed by atoms with Crippen molar-refractivity contribution >= 4 is 11.6 Å². The van der Waals surface area contributed by atoms with Gasteiger partial charge in [-0.3, -0.25) is 0 Å². The fourth-order valence-electron chi connectivity index (χ4n) is 2.75. The van der Waals surface area contributed by atoms with Gasteiger partial charge in [-0.25, -0.2) is 0 Å². The van der Waals surface area contributed by atoms with Gasteiger partial charge >= 0.3 is 0 Å². The highest BCUT2D eigenvalue weighted by Crippen LogP contribution is 2.36. The second kappa shape index (κ2) is 5.47.